The van der Waals surface area contributed by atoms with Gasteiger partial charge in [0.2, 0.25) is 0 Å². The highest BCUT2D eigenvalue weighted by Gasteiger charge is 2.28. The number of hydrogen-bond acceptors (Lipinski definition) is 3. The van der Waals surface area contributed by atoms with Gasteiger partial charge in [-0.15, -0.1) is 0 Å². The number of nitrogens with one attached hydrogen (secondary N) is 1. The quantitative estimate of drug-likeness (QED) is 0.920. The van der Waals surface area contributed by atoms with Crippen molar-refractivity contribution in [1.82, 2.24) is 15.1 Å². The molecule has 2 heterocycles. The van der Waals surface area contributed by atoms with Gasteiger partial charge in [0.15, 0.2) is 0 Å². The molecule has 1 saturated heterocycles. The zero-order valence-corrected chi connectivity index (χ0v) is 12.3. The second-order valence-electron chi connectivity index (χ2n) is 5.33. The number of aromatic nitrogens is 2. The van der Waals surface area contributed by atoms with Gasteiger partial charge in [-0.1, -0.05) is 30.3 Å². The summed E-state index contributed by atoms with van der Waals surface area (Å²) in [5.74, 6) is 0.0305. The summed E-state index contributed by atoms with van der Waals surface area (Å²) in [4.78, 5) is 14.5. The van der Waals surface area contributed by atoms with Crippen LogP contribution in [0.15, 0.2) is 30.3 Å². The SMILES string of the molecule is Cc1n[nH]c(C)c1C(=O)N1CCOC(c2ccccc2)C1. The molecule has 0 spiro atoms. The standard InChI is InChI=1S/C16H19N3O2/c1-11-15(12(2)18-17-11)16(20)19-8-9-21-14(10-19)13-6-4-3-5-7-13/h3-7,14H,8-10H2,1-2H3,(H,17,18). The normalized spacial score (nSPS) is 18.8. The fourth-order valence-corrected chi connectivity index (χ4v) is 2.73. The van der Waals surface area contributed by atoms with Crippen molar-refractivity contribution in [1.29, 1.82) is 0 Å². The van der Waals surface area contributed by atoms with E-state index in [0.717, 1.165) is 17.0 Å². The van der Waals surface area contributed by atoms with Gasteiger partial charge < -0.3 is 9.64 Å². The molecular formula is C16H19N3O2. The third-order valence-corrected chi connectivity index (χ3v) is 3.87. The first-order chi connectivity index (χ1) is 10.2. The first-order valence-corrected chi connectivity index (χ1v) is 7.14. The number of hydrogen-bond donors (Lipinski definition) is 1. The summed E-state index contributed by atoms with van der Waals surface area (Å²) in [6, 6.07) is 10.0. The number of aryl methyl sites for hydroxylation is 2. The third kappa shape index (κ3) is 2.69. The molecule has 2 aromatic rings. The van der Waals surface area contributed by atoms with Crippen LogP contribution in [-0.2, 0) is 4.74 Å². The molecule has 1 aromatic carbocycles. The molecule has 1 fully saturated rings. The van der Waals surface area contributed by atoms with E-state index >= 15 is 0 Å². The number of carbonyl (C=O) groups is 1. The molecule has 1 amide bonds. The molecule has 1 aliphatic heterocycles. The summed E-state index contributed by atoms with van der Waals surface area (Å²) in [6.45, 7) is 5.48. The molecule has 1 unspecified atom stereocenters. The Kier molecular flexibility index (Phi) is 3.75. The lowest BCUT2D eigenvalue weighted by atomic mass is 10.1. The summed E-state index contributed by atoms with van der Waals surface area (Å²) in [5.41, 5.74) is 3.36. The number of H-pyrrole nitrogens is 1. The molecule has 1 aliphatic rings. The van der Waals surface area contributed by atoms with Crippen LogP contribution in [0.4, 0.5) is 0 Å². The van der Waals surface area contributed by atoms with Gasteiger partial charge in [-0.2, -0.15) is 5.10 Å². The van der Waals surface area contributed by atoms with E-state index in [1.54, 1.807) is 0 Å². The number of aromatic amines is 1. The van der Waals surface area contributed by atoms with Gasteiger partial charge in [0.1, 0.15) is 6.10 Å². The lowest BCUT2D eigenvalue weighted by molar-refractivity contribution is -0.0228. The van der Waals surface area contributed by atoms with Crippen LogP contribution in [0.25, 0.3) is 0 Å². The molecule has 5 nitrogen and oxygen atoms in total. The van der Waals surface area contributed by atoms with E-state index in [4.69, 9.17) is 4.74 Å². The van der Waals surface area contributed by atoms with Crippen LogP contribution < -0.4 is 0 Å². The summed E-state index contributed by atoms with van der Waals surface area (Å²) < 4.78 is 5.80. The van der Waals surface area contributed by atoms with Gasteiger partial charge in [0, 0.05) is 12.2 Å². The maximum atomic E-state index is 12.7. The highest BCUT2D eigenvalue weighted by atomic mass is 16.5. The molecule has 1 N–H and O–H groups in total. The fourth-order valence-electron chi connectivity index (χ4n) is 2.73. The van der Waals surface area contributed by atoms with Crippen molar-refractivity contribution in [2.45, 2.75) is 20.0 Å². The van der Waals surface area contributed by atoms with Gasteiger partial charge in [-0.25, -0.2) is 0 Å². The predicted octanol–water partition coefficient (Wildman–Crippen LogP) is 2.24. The van der Waals surface area contributed by atoms with E-state index in [2.05, 4.69) is 10.2 Å². The highest BCUT2D eigenvalue weighted by Crippen LogP contribution is 2.24. The molecule has 3 rings (SSSR count). The van der Waals surface area contributed by atoms with E-state index in [-0.39, 0.29) is 12.0 Å². The zero-order valence-electron chi connectivity index (χ0n) is 12.3. The lowest BCUT2D eigenvalue weighted by Crippen LogP contribution is -2.42. The monoisotopic (exact) mass is 285 g/mol. The molecule has 1 aromatic heterocycles. The Morgan fingerprint density at radius 1 is 1.33 bits per heavy atom. The zero-order chi connectivity index (χ0) is 14.8. The van der Waals surface area contributed by atoms with E-state index in [1.807, 2.05) is 49.1 Å². The van der Waals surface area contributed by atoms with Crippen LogP contribution in [0.1, 0.15) is 33.4 Å². The number of carbonyl (C=O) groups excluding carboxylic acids is 1. The fraction of sp³-hybridized carbons (Fsp3) is 0.375. The molecule has 1 atom stereocenters. The number of morpholine rings is 1. The summed E-state index contributed by atoms with van der Waals surface area (Å²) in [6.07, 6.45) is -0.0589. The molecule has 0 radical (unpaired) electrons. The minimum atomic E-state index is -0.0589. The van der Waals surface area contributed by atoms with Gasteiger partial charge in [-0.05, 0) is 19.4 Å². The van der Waals surface area contributed by atoms with E-state index < -0.39 is 0 Å². The minimum absolute atomic E-state index is 0.0305. The number of ether oxygens (including phenoxy) is 1. The van der Waals surface area contributed by atoms with Gasteiger partial charge in [0.05, 0.1) is 24.4 Å². The van der Waals surface area contributed by atoms with Crippen molar-refractivity contribution in [2.24, 2.45) is 0 Å². The summed E-state index contributed by atoms with van der Waals surface area (Å²) in [5, 5.41) is 6.98. The Balaban J connectivity index is 1.79. The van der Waals surface area contributed by atoms with Crippen LogP contribution in [0, 0.1) is 13.8 Å². The topological polar surface area (TPSA) is 58.2 Å². The number of nitrogens with zero attached hydrogens (tertiary/aromatic N) is 2. The van der Waals surface area contributed by atoms with E-state index in [1.165, 1.54) is 0 Å². The van der Waals surface area contributed by atoms with Crippen molar-refractivity contribution in [3.05, 3.63) is 52.8 Å². The van der Waals surface area contributed by atoms with Crippen molar-refractivity contribution in [2.75, 3.05) is 19.7 Å². The Labute approximate surface area is 123 Å². The van der Waals surface area contributed by atoms with Crippen LogP contribution in [-0.4, -0.2) is 40.7 Å². The first kappa shape index (κ1) is 13.8. The molecule has 0 bridgehead atoms. The third-order valence-electron chi connectivity index (χ3n) is 3.87. The molecular weight excluding hydrogens is 266 g/mol. The Morgan fingerprint density at radius 2 is 2.10 bits per heavy atom. The molecule has 0 saturated carbocycles. The van der Waals surface area contributed by atoms with Crippen molar-refractivity contribution in [3.8, 4) is 0 Å². The number of benzene rings is 1. The maximum Gasteiger partial charge on any atom is 0.257 e. The van der Waals surface area contributed by atoms with Gasteiger partial charge >= 0.3 is 0 Å². The van der Waals surface area contributed by atoms with Crippen LogP contribution in [0.3, 0.4) is 0 Å². The van der Waals surface area contributed by atoms with Gasteiger partial charge in [0.25, 0.3) is 5.91 Å². The highest BCUT2D eigenvalue weighted by molar-refractivity contribution is 5.96. The predicted molar refractivity (Wildman–Crippen MR) is 79.1 cm³/mol. The van der Waals surface area contributed by atoms with E-state index in [9.17, 15) is 4.79 Å². The summed E-state index contributed by atoms with van der Waals surface area (Å²) in [7, 11) is 0. The maximum absolute atomic E-state index is 12.7. The average molecular weight is 285 g/mol. The summed E-state index contributed by atoms with van der Waals surface area (Å²) >= 11 is 0. The second kappa shape index (κ2) is 5.69. The Hall–Kier alpha value is -2.14. The second-order valence-corrected chi connectivity index (χ2v) is 5.33. The molecule has 110 valence electrons. The number of rotatable bonds is 2. The smallest absolute Gasteiger partial charge is 0.257 e. The molecule has 0 aliphatic carbocycles. The van der Waals surface area contributed by atoms with Crippen LogP contribution in [0.2, 0.25) is 0 Å². The largest absolute Gasteiger partial charge is 0.370 e. The van der Waals surface area contributed by atoms with E-state index in [0.29, 0.717) is 25.3 Å². The van der Waals surface area contributed by atoms with Crippen LogP contribution in [0.5, 0.6) is 0 Å². The lowest BCUT2D eigenvalue weighted by Gasteiger charge is -2.33. The molecule has 21 heavy (non-hydrogen) atoms. The first-order valence-electron chi connectivity index (χ1n) is 7.14. The minimum Gasteiger partial charge on any atom is -0.370 e. The Bertz CT molecular complexity index is 617. The van der Waals surface area contributed by atoms with Crippen LogP contribution >= 0.6 is 0 Å². The van der Waals surface area contributed by atoms with Crippen molar-refractivity contribution < 1.29 is 9.53 Å². The van der Waals surface area contributed by atoms with Gasteiger partial charge in [-0.3, -0.25) is 9.89 Å². The number of amides is 1. The Morgan fingerprint density at radius 3 is 2.76 bits per heavy atom. The van der Waals surface area contributed by atoms with Crippen molar-refractivity contribution >= 4 is 5.91 Å². The van der Waals surface area contributed by atoms with Crippen molar-refractivity contribution in [3.63, 3.8) is 0 Å². The average Bonchev–Trinajstić information content (AvgIpc) is 2.86. The molecule has 5 heteroatoms.